The van der Waals surface area contributed by atoms with E-state index >= 15 is 0 Å². The molecular weight excluding hydrogens is 328 g/mol. The minimum absolute atomic E-state index is 0.0733. The third kappa shape index (κ3) is 3.47. The van der Waals surface area contributed by atoms with Gasteiger partial charge in [0.15, 0.2) is 0 Å². The molecule has 0 saturated carbocycles. The molecule has 104 valence electrons. The first-order valence-electron chi connectivity index (χ1n) is 6.61. The zero-order valence-corrected chi connectivity index (χ0v) is 12.8. The summed E-state index contributed by atoms with van der Waals surface area (Å²) in [7, 11) is 0. The van der Waals surface area contributed by atoms with Crippen molar-refractivity contribution < 1.29 is 4.79 Å². The van der Waals surface area contributed by atoms with Crippen LogP contribution in [0.5, 0.6) is 0 Å². The fourth-order valence-corrected chi connectivity index (χ4v) is 2.54. The molecule has 0 aliphatic rings. The van der Waals surface area contributed by atoms with Crippen LogP contribution in [0.3, 0.4) is 0 Å². The highest BCUT2D eigenvalue weighted by molar-refractivity contribution is 9.10. The quantitative estimate of drug-likeness (QED) is 0.726. The first-order chi connectivity index (χ1) is 10.2. The van der Waals surface area contributed by atoms with Crippen LogP contribution < -0.4 is 5.32 Å². The van der Waals surface area contributed by atoms with Crippen LogP contribution in [-0.2, 0) is 11.2 Å². The molecule has 1 N–H and O–H groups in total. The van der Waals surface area contributed by atoms with Gasteiger partial charge < -0.3 is 5.32 Å². The molecule has 3 aromatic rings. The van der Waals surface area contributed by atoms with E-state index in [-0.39, 0.29) is 5.91 Å². The van der Waals surface area contributed by atoms with Gasteiger partial charge in [-0.15, -0.1) is 0 Å². The van der Waals surface area contributed by atoms with Gasteiger partial charge in [-0.05, 0) is 44.4 Å². The third-order valence-corrected chi connectivity index (χ3v) is 3.60. The highest BCUT2D eigenvalue weighted by atomic mass is 79.9. The fourth-order valence-electron chi connectivity index (χ4n) is 2.20. The summed E-state index contributed by atoms with van der Waals surface area (Å²) in [6.07, 6.45) is 0.332. The van der Waals surface area contributed by atoms with Crippen LogP contribution in [0.25, 0.3) is 10.8 Å². The van der Waals surface area contributed by atoms with Crippen molar-refractivity contribution >= 4 is 38.4 Å². The van der Waals surface area contributed by atoms with Crippen molar-refractivity contribution in [2.75, 3.05) is 5.32 Å². The van der Waals surface area contributed by atoms with Gasteiger partial charge in [0, 0.05) is 0 Å². The smallest absolute Gasteiger partial charge is 0.229 e. The van der Waals surface area contributed by atoms with Crippen LogP contribution in [0.1, 0.15) is 5.56 Å². The molecule has 0 saturated heterocycles. The molecule has 4 heteroatoms. The number of fused-ring (bicyclic) bond motifs is 1. The Bertz CT molecular complexity index is 801. The second kappa shape index (κ2) is 6.06. The number of carbonyl (C=O) groups is 1. The Morgan fingerprint density at radius 2 is 1.81 bits per heavy atom. The van der Waals surface area contributed by atoms with Crippen molar-refractivity contribution in [3.05, 3.63) is 70.8 Å². The summed E-state index contributed by atoms with van der Waals surface area (Å²) in [4.78, 5) is 16.3. The molecule has 1 aromatic heterocycles. The number of anilines is 1. The van der Waals surface area contributed by atoms with E-state index in [0.29, 0.717) is 16.8 Å². The normalized spacial score (nSPS) is 10.5. The number of pyridine rings is 1. The van der Waals surface area contributed by atoms with Crippen LogP contribution in [0.4, 0.5) is 5.82 Å². The monoisotopic (exact) mass is 340 g/mol. The maximum absolute atomic E-state index is 12.1. The topological polar surface area (TPSA) is 42.0 Å². The maximum Gasteiger partial charge on any atom is 0.229 e. The molecule has 0 fully saturated rings. The average molecular weight is 341 g/mol. The lowest BCUT2D eigenvalue weighted by molar-refractivity contribution is -0.115. The van der Waals surface area contributed by atoms with Gasteiger partial charge in [-0.1, -0.05) is 48.5 Å². The SMILES string of the molecule is O=C(Cc1ccc2ccccc2c1)Nc1cccc(Br)n1. The number of hydrogen-bond acceptors (Lipinski definition) is 2. The molecule has 0 spiro atoms. The zero-order chi connectivity index (χ0) is 14.7. The Kier molecular flexibility index (Phi) is 3.97. The Balaban J connectivity index is 1.74. The highest BCUT2D eigenvalue weighted by Crippen LogP contribution is 2.16. The summed E-state index contributed by atoms with van der Waals surface area (Å²) in [5.74, 6) is 0.478. The fraction of sp³-hybridized carbons (Fsp3) is 0.0588. The molecule has 0 unspecified atom stereocenters. The zero-order valence-electron chi connectivity index (χ0n) is 11.2. The van der Waals surface area contributed by atoms with Crippen LogP contribution in [0.15, 0.2) is 65.3 Å². The second-order valence-electron chi connectivity index (χ2n) is 4.75. The number of halogens is 1. The Hall–Kier alpha value is -2.20. The molecule has 0 atom stereocenters. The summed E-state index contributed by atoms with van der Waals surface area (Å²) >= 11 is 3.28. The molecule has 1 amide bonds. The van der Waals surface area contributed by atoms with E-state index in [4.69, 9.17) is 0 Å². The average Bonchev–Trinajstić information content (AvgIpc) is 2.47. The molecule has 0 bridgehead atoms. The number of aromatic nitrogens is 1. The van der Waals surface area contributed by atoms with Gasteiger partial charge in [-0.2, -0.15) is 0 Å². The minimum atomic E-state index is -0.0733. The van der Waals surface area contributed by atoms with Gasteiger partial charge in [0.2, 0.25) is 5.91 Å². The van der Waals surface area contributed by atoms with Crippen molar-refractivity contribution in [1.82, 2.24) is 4.98 Å². The number of rotatable bonds is 3. The predicted octanol–water partition coefficient (Wildman–Crippen LogP) is 4.18. The number of amides is 1. The number of nitrogens with one attached hydrogen (secondary N) is 1. The Morgan fingerprint density at radius 1 is 1.00 bits per heavy atom. The molecule has 3 rings (SSSR count). The van der Waals surface area contributed by atoms with Gasteiger partial charge >= 0.3 is 0 Å². The van der Waals surface area contributed by atoms with E-state index in [1.807, 2.05) is 48.5 Å². The molecule has 0 radical (unpaired) electrons. The molecule has 1 heterocycles. The number of hydrogen-bond donors (Lipinski definition) is 1. The summed E-state index contributed by atoms with van der Waals surface area (Å²) in [5, 5.41) is 5.12. The van der Waals surface area contributed by atoms with Crippen LogP contribution >= 0.6 is 15.9 Å². The van der Waals surface area contributed by atoms with Crippen LogP contribution in [0.2, 0.25) is 0 Å². The first-order valence-corrected chi connectivity index (χ1v) is 7.40. The summed E-state index contributed by atoms with van der Waals surface area (Å²) in [6.45, 7) is 0. The van der Waals surface area contributed by atoms with E-state index < -0.39 is 0 Å². The van der Waals surface area contributed by atoms with E-state index in [2.05, 4.69) is 32.3 Å². The number of nitrogens with zero attached hydrogens (tertiary/aromatic N) is 1. The molecule has 2 aromatic carbocycles. The summed E-state index contributed by atoms with van der Waals surface area (Å²) < 4.78 is 0.700. The lowest BCUT2D eigenvalue weighted by Crippen LogP contribution is -2.15. The standard InChI is InChI=1S/C17H13BrN2O/c18-15-6-3-7-16(19-15)20-17(21)11-12-8-9-13-4-1-2-5-14(13)10-12/h1-10H,11H2,(H,19,20,21). The maximum atomic E-state index is 12.1. The van der Waals surface area contributed by atoms with Crippen molar-refractivity contribution in [2.45, 2.75) is 6.42 Å². The summed E-state index contributed by atoms with van der Waals surface area (Å²) in [5.41, 5.74) is 0.987. The van der Waals surface area contributed by atoms with Crippen molar-refractivity contribution in [1.29, 1.82) is 0 Å². The molecule has 21 heavy (non-hydrogen) atoms. The van der Waals surface area contributed by atoms with E-state index in [1.54, 1.807) is 6.07 Å². The summed E-state index contributed by atoms with van der Waals surface area (Å²) in [6, 6.07) is 19.6. The molecule has 0 aliphatic heterocycles. The molecule has 0 aliphatic carbocycles. The van der Waals surface area contributed by atoms with Gasteiger partial charge in [-0.25, -0.2) is 4.98 Å². The predicted molar refractivity (Wildman–Crippen MR) is 88.2 cm³/mol. The minimum Gasteiger partial charge on any atom is -0.310 e. The first kappa shape index (κ1) is 13.8. The van der Waals surface area contributed by atoms with Crippen molar-refractivity contribution in [2.24, 2.45) is 0 Å². The third-order valence-electron chi connectivity index (χ3n) is 3.16. The second-order valence-corrected chi connectivity index (χ2v) is 5.56. The van der Waals surface area contributed by atoms with E-state index in [1.165, 1.54) is 5.39 Å². The van der Waals surface area contributed by atoms with Crippen molar-refractivity contribution in [3.8, 4) is 0 Å². The molecule has 3 nitrogen and oxygen atoms in total. The van der Waals surface area contributed by atoms with Gasteiger partial charge in [-0.3, -0.25) is 4.79 Å². The van der Waals surface area contributed by atoms with Gasteiger partial charge in [0.1, 0.15) is 10.4 Å². The lowest BCUT2D eigenvalue weighted by Gasteiger charge is -2.06. The number of benzene rings is 2. The number of carbonyl (C=O) groups excluding carboxylic acids is 1. The highest BCUT2D eigenvalue weighted by Gasteiger charge is 2.06. The van der Waals surface area contributed by atoms with Gasteiger partial charge in [0.05, 0.1) is 6.42 Å². The molecular formula is C17H13BrN2O. The van der Waals surface area contributed by atoms with Gasteiger partial charge in [0.25, 0.3) is 0 Å². The Morgan fingerprint density at radius 3 is 2.62 bits per heavy atom. The van der Waals surface area contributed by atoms with Crippen LogP contribution in [0, 0.1) is 0 Å². The van der Waals surface area contributed by atoms with Crippen molar-refractivity contribution in [3.63, 3.8) is 0 Å². The van der Waals surface area contributed by atoms with E-state index in [0.717, 1.165) is 10.9 Å². The largest absolute Gasteiger partial charge is 0.310 e. The van der Waals surface area contributed by atoms with E-state index in [9.17, 15) is 4.79 Å². The lowest BCUT2D eigenvalue weighted by atomic mass is 10.1. The van der Waals surface area contributed by atoms with Crippen LogP contribution in [-0.4, -0.2) is 10.9 Å². The Labute approximate surface area is 131 Å².